The number of carbonyl (C=O) groups is 1. The van der Waals surface area contributed by atoms with Crippen molar-refractivity contribution in [2.24, 2.45) is 0 Å². The fourth-order valence-corrected chi connectivity index (χ4v) is 1.75. The molecule has 1 aliphatic carbocycles. The van der Waals surface area contributed by atoms with Crippen LogP contribution in [0.1, 0.15) is 35.7 Å². The van der Waals surface area contributed by atoms with Crippen molar-refractivity contribution in [3.8, 4) is 0 Å². The molecule has 1 aromatic rings. The summed E-state index contributed by atoms with van der Waals surface area (Å²) in [6.45, 7) is 1.59. The number of rotatable bonds is 3. The van der Waals surface area contributed by atoms with Gasteiger partial charge in [-0.05, 0) is 31.4 Å². The van der Waals surface area contributed by atoms with E-state index in [4.69, 9.17) is 4.74 Å². The molecule has 0 bridgehead atoms. The summed E-state index contributed by atoms with van der Waals surface area (Å²) in [5.41, 5.74) is 1.81. The number of ketones is 1. The van der Waals surface area contributed by atoms with E-state index in [1.54, 1.807) is 14.0 Å². The van der Waals surface area contributed by atoms with E-state index in [9.17, 15) is 4.79 Å². The highest BCUT2D eigenvalue weighted by molar-refractivity contribution is 5.94. The minimum Gasteiger partial charge on any atom is -0.374 e. The molecule has 0 N–H and O–H groups in total. The van der Waals surface area contributed by atoms with E-state index in [1.807, 2.05) is 24.3 Å². The molecule has 1 fully saturated rings. The zero-order chi connectivity index (χ0) is 10.2. The van der Waals surface area contributed by atoms with Crippen molar-refractivity contribution >= 4 is 5.78 Å². The second kappa shape index (κ2) is 3.21. The van der Waals surface area contributed by atoms with Crippen LogP contribution in [0.2, 0.25) is 0 Å². The highest BCUT2D eigenvalue weighted by Crippen LogP contribution is 2.48. The standard InChI is InChI=1S/C12H14O2/c1-9(13)10-4-3-5-11(8-10)12(14-2)6-7-12/h3-5,8H,6-7H2,1-2H3. The van der Waals surface area contributed by atoms with Crippen LogP contribution in [0.15, 0.2) is 24.3 Å². The highest BCUT2D eigenvalue weighted by atomic mass is 16.5. The van der Waals surface area contributed by atoms with Crippen molar-refractivity contribution in [1.82, 2.24) is 0 Å². The summed E-state index contributed by atoms with van der Waals surface area (Å²) in [7, 11) is 1.73. The normalized spacial score (nSPS) is 17.9. The quantitative estimate of drug-likeness (QED) is 0.684. The third-order valence-electron chi connectivity index (χ3n) is 2.89. The van der Waals surface area contributed by atoms with Crippen LogP contribution in [0, 0.1) is 0 Å². The second-order valence-electron chi connectivity index (χ2n) is 3.84. The number of carbonyl (C=O) groups excluding carboxylic acids is 1. The van der Waals surface area contributed by atoms with Gasteiger partial charge in [-0.1, -0.05) is 18.2 Å². The van der Waals surface area contributed by atoms with E-state index in [0.29, 0.717) is 0 Å². The van der Waals surface area contributed by atoms with E-state index in [1.165, 1.54) is 0 Å². The van der Waals surface area contributed by atoms with E-state index in [0.717, 1.165) is 24.0 Å². The Hall–Kier alpha value is -1.15. The van der Waals surface area contributed by atoms with Crippen LogP contribution in [-0.4, -0.2) is 12.9 Å². The molecular formula is C12H14O2. The number of hydrogen-bond acceptors (Lipinski definition) is 2. The molecule has 0 heterocycles. The third-order valence-corrected chi connectivity index (χ3v) is 2.89. The van der Waals surface area contributed by atoms with Crippen molar-refractivity contribution in [2.75, 3.05) is 7.11 Å². The van der Waals surface area contributed by atoms with Gasteiger partial charge in [0.2, 0.25) is 0 Å². The smallest absolute Gasteiger partial charge is 0.159 e. The van der Waals surface area contributed by atoms with Gasteiger partial charge in [0.1, 0.15) is 0 Å². The number of methoxy groups -OCH3 is 1. The molecule has 0 aromatic heterocycles. The van der Waals surface area contributed by atoms with Gasteiger partial charge in [0, 0.05) is 12.7 Å². The first-order valence-electron chi connectivity index (χ1n) is 4.84. The molecule has 0 radical (unpaired) electrons. The third kappa shape index (κ3) is 1.46. The highest BCUT2D eigenvalue weighted by Gasteiger charge is 2.44. The van der Waals surface area contributed by atoms with Crippen LogP contribution in [-0.2, 0) is 10.3 Å². The SMILES string of the molecule is COC1(c2cccc(C(C)=O)c2)CC1. The second-order valence-corrected chi connectivity index (χ2v) is 3.84. The monoisotopic (exact) mass is 190 g/mol. The Morgan fingerprint density at radius 1 is 1.43 bits per heavy atom. The van der Waals surface area contributed by atoms with Crippen LogP contribution in [0.4, 0.5) is 0 Å². The molecule has 2 rings (SSSR count). The molecule has 0 atom stereocenters. The van der Waals surface area contributed by atoms with Gasteiger partial charge in [0.25, 0.3) is 0 Å². The van der Waals surface area contributed by atoms with Gasteiger partial charge in [0.05, 0.1) is 5.60 Å². The number of hydrogen-bond donors (Lipinski definition) is 0. The molecule has 0 spiro atoms. The summed E-state index contributed by atoms with van der Waals surface area (Å²) in [6.07, 6.45) is 2.12. The summed E-state index contributed by atoms with van der Waals surface area (Å²) in [5.74, 6) is 0.110. The minimum atomic E-state index is -0.0918. The number of Topliss-reactive ketones (excluding diaryl/α,β-unsaturated/α-hetero) is 1. The van der Waals surface area contributed by atoms with Crippen LogP contribution in [0.25, 0.3) is 0 Å². The Morgan fingerprint density at radius 2 is 2.14 bits per heavy atom. The van der Waals surface area contributed by atoms with E-state index in [-0.39, 0.29) is 11.4 Å². The van der Waals surface area contributed by atoms with Gasteiger partial charge in [-0.25, -0.2) is 0 Å². The average Bonchev–Trinajstić information content (AvgIpc) is 2.98. The van der Waals surface area contributed by atoms with Crippen LogP contribution < -0.4 is 0 Å². The molecule has 0 saturated heterocycles. The zero-order valence-corrected chi connectivity index (χ0v) is 8.54. The maximum absolute atomic E-state index is 11.2. The summed E-state index contributed by atoms with van der Waals surface area (Å²) in [4.78, 5) is 11.2. The van der Waals surface area contributed by atoms with Gasteiger partial charge in [-0.3, -0.25) is 4.79 Å². The molecule has 1 aliphatic rings. The first-order chi connectivity index (χ1) is 6.68. The Balaban J connectivity index is 2.36. The molecule has 2 heteroatoms. The average molecular weight is 190 g/mol. The summed E-state index contributed by atoms with van der Waals surface area (Å²) < 4.78 is 5.46. The lowest BCUT2D eigenvalue weighted by atomic mass is 10.0. The summed E-state index contributed by atoms with van der Waals surface area (Å²) in [5, 5.41) is 0. The lowest BCUT2D eigenvalue weighted by molar-refractivity contribution is 0.0788. The molecule has 0 amide bonds. The molecular weight excluding hydrogens is 176 g/mol. The Kier molecular flexibility index (Phi) is 2.16. The van der Waals surface area contributed by atoms with E-state index < -0.39 is 0 Å². The number of benzene rings is 1. The first-order valence-corrected chi connectivity index (χ1v) is 4.84. The zero-order valence-electron chi connectivity index (χ0n) is 8.54. The van der Waals surface area contributed by atoms with Gasteiger partial charge in [-0.2, -0.15) is 0 Å². The molecule has 0 unspecified atom stereocenters. The summed E-state index contributed by atoms with van der Waals surface area (Å²) >= 11 is 0. The van der Waals surface area contributed by atoms with Crippen molar-refractivity contribution in [3.05, 3.63) is 35.4 Å². The Bertz CT molecular complexity index is 364. The largest absolute Gasteiger partial charge is 0.374 e. The topological polar surface area (TPSA) is 26.3 Å². The van der Waals surface area contributed by atoms with Crippen molar-refractivity contribution in [2.45, 2.75) is 25.4 Å². The van der Waals surface area contributed by atoms with Crippen molar-refractivity contribution in [3.63, 3.8) is 0 Å². The van der Waals surface area contributed by atoms with E-state index >= 15 is 0 Å². The predicted octanol–water partition coefficient (Wildman–Crippen LogP) is 2.52. The predicted molar refractivity (Wildman–Crippen MR) is 54.4 cm³/mol. The maximum Gasteiger partial charge on any atom is 0.159 e. The van der Waals surface area contributed by atoms with Crippen LogP contribution in [0.3, 0.4) is 0 Å². The Labute approximate surface area is 83.9 Å². The van der Waals surface area contributed by atoms with Crippen LogP contribution >= 0.6 is 0 Å². The van der Waals surface area contributed by atoms with Gasteiger partial charge >= 0.3 is 0 Å². The van der Waals surface area contributed by atoms with Crippen molar-refractivity contribution in [1.29, 1.82) is 0 Å². The van der Waals surface area contributed by atoms with Gasteiger partial charge in [-0.15, -0.1) is 0 Å². The fourth-order valence-electron chi connectivity index (χ4n) is 1.75. The molecule has 0 aliphatic heterocycles. The number of ether oxygens (including phenoxy) is 1. The summed E-state index contributed by atoms with van der Waals surface area (Å²) in [6, 6.07) is 7.74. The van der Waals surface area contributed by atoms with Gasteiger partial charge < -0.3 is 4.74 Å². The van der Waals surface area contributed by atoms with Crippen LogP contribution in [0.5, 0.6) is 0 Å². The molecule has 1 aromatic carbocycles. The Morgan fingerprint density at radius 3 is 2.64 bits per heavy atom. The maximum atomic E-state index is 11.2. The minimum absolute atomic E-state index is 0.0918. The fraction of sp³-hybridized carbons (Fsp3) is 0.417. The van der Waals surface area contributed by atoms with E-state index in [2.05, 4.69) is 0 Å². The molecule has 1 saturated carbocycles. The molecule has 2 nitrogen and oxygen atoms in total. The molecule has 74 valence electrons. The lowest BCUT2D eigenvalue weighted by Crippen LogP contribution is -2.09. The van der Waals surface area contributed by atoms with Crippen molar-refractivity contribution < 1.29 is 9.53 Å². The van der Waals surface area contributed by atoms with Gasteiger partial charge in [0.15, 0.2) is 5.78 Å². The lowest BCUT2D eigenvalue weighted by Gasteiger charge is -2.13. The molecule has 14 heavy (non-hydrogen) atoms. The first kappa shape index (κ1) is 9.41.